The van der Waals surface area contributed by atoms with E-state index in [2.05, 4.69) is 26.5 Å². The summed E-state index contributed by atoms with van der Waals surface area (Å²) >= 11 is 9.24. The number of amides is 1. The van der Waals surface area contributed by atoms with E-state index in [-0.39, 0.29) is 16.6 Å². The predicted octanol–water partition coefficient (Wildman–Crippen LogP) is 5.18. The average Bonchev–Trinajstić information content (AvgIpc) is 2.96. The fourth-order valence-corrected chi connectivity index (χ4v) is 3.61. The third-order valence-electron chi connectivity index (χ3n) is 4.34. The smallest absolute Gasteiger partial charge is 0.289 e. The number of carbonyl (C=O) groups is 1. The number of rotatable bonds is 5. The number of aromatic nitrogens is 1. The number of aryl methyl sites for hydroxylation is 1. The van der Waals surface area contributed by atoms with Crippen LogP contribution in [0.2, 0.25) is 5.02 Å². The molecule has 3 rings (SSSR count). The van der Waals surface area contributed by atoms with Crippen LogP contribution in [0, 0.1) is 24.0 Å². The highest BCUT2D eigenvalue weighted by molar-refractivity contribution is 9.10. The lowest BCUT2D eigenvalue weighted by Crippen LogP contribution is -2.18. The molecule has 0 aliphatic rings. The molecule has 2 aromatic carbocycles. The van der Waals surface area contributed by atoms with Crippen LogP contribution in [0.15, 0.2) is 58.1 Å². The van der Waals surface area contributed by atoms with Crippen molar-refractivity contribution >= 4 is 45.3 Å². The number of hydrogen-bond acceptors (Lipinski definition) is 4. The highest BCUT2D eigenvalue weighted by Gasteiger charge is 2.16. The molecule has 0 unspecified atom stereocenters. The van der Waals surface area contributed by atoms with Gasteiger partial charge in [0.15, 0.2) is 0 Å². The molecular weight excluding hydrogens is 460 g/mol. The second-order valence-electron chi connectivity index (χ2n) is 6.23. The lowest BCUT2D eigenvalue weighted by atomic mass is 10.2. The van der Waals surface area contributed by atoms with E-state index in [1.807, 2.05) is 30.5 Å². The van der Waals surface area contributed by atoms with Crippen molar-refractivity contribution in [2.75, 3.05) is 0 Å². The Bertz CT molecular complexity index is 1140. The first-order chi connectivity index (χ1) is 13.8. The number of nitro groups is 1. The van der Waals surface area contributed by atoms with E-state index in [9.17, 15) is 14.9 Å². The molecule has 3 aromatic rings. The Morgan fingerprint density at radius 1 is 1.24 bits per heavy atom. The van der Waals surface area contributed by atoms with E-state index >= 15 is 0 Å². The van der Waals surface area contributed by atoms with Crippen molar-refractivity contribution in [2.45, 2.75) is 13.8 Å². The minimum Gasteiger partial charge on any atom is -0.318 e. The zero-order valence-electron chi connectivity index (χ0n) is 15.5. The summed E-state index contributed by atoms with van der Waals surface area (Å²) in [5.41, 5.74) is 5.88. The van der Waals surface area contributed by atoms with Gasteiger partial charge >= 0.3 is 0 Å². The van der Waals surface area contributed by atoms with Crippen molar-refractivity contribution in [3.8, 4) is 5.69 Å². The van der Waals surface area contributed by atoms with Crippen molar-refractivity contribution in [3.63, 3.8) is 0 Å². The minimum absolute atomic E-state index is 0.0813. The average molecular weight is 476 g/mol. The summed E-state index contributed by atoms with van der Waals surface area (Å²) in [4.78, 5) is 22.9. The molecule has 0 aliphatic carbocycles. The van der Waals surface area contributed by atoms with Gasteiger partial charge in [0.05, 0.1) is 22.4 Å². The normalized spacial score (nSPS) is 11.0. The molecule has 1 heterocycles. The first-order valence-corrected chi connectivity index (χ1v) is 9.68. The maximum Gasteiger partial charge on any atom is 0.289 e. The molecule has 0 fully saturated rings. The van der Waals surface area contributed by atoms with Crippen LogP contribution in [0.1, 0.15) is 27.3 Å². The number of hydrogen-bond donors (Lipinski definition) is 1. The molecule has 0 saturated heterocycles. The van der Waals surface area contributed by atoms with Crippen molar-refractivity contribution in [3.05, 3.63) is 90.7 Å². The van der Waals surface area contributed by atoms with Crippen LogP contribution in [0.4, 0.5) is 5.69 Å². The van der Waals surface area contributed by atoms with Crippen LogP contribution >= 0.6 is 27.5 Å². The number of carbonyl (C=O) groups excluding carboxylic acids is 1. The minimum atomic E-state index is -0.514. The fourth-order valence-electron chi connectivity index (χ4n) is 2.96. The molecule has 1 aromatic heterocycles. The van der Waals surface area contributed by atoms with Crippen LogP contribution in [0.25, 0.3) is 5.69 Å². The van der Waals surface area contributed by atoms with Crippen LogP contribution < -0.4 is 5.43 Å². The van der Waals surface area contributed by atoms with E-state index in [1.54, 1.807) is 24.3 Å². The van der Waals surface area contributed by atoms with Gasteiger partial charge in [-0.1, -0.05) is 23.7 Å². The Morgan fingerprint density at radius 2 is 1.97 bits per heavy atom. The lowest BCUT2D eigenvalue weighted by Gasteiger charge is -2.10. The van der Waals surface area contributed by atoms with Gasteiger partial charge in [0, 0.05) is 27.5 Å². The van der Waals surface area contributed by atoms with E-state index < -0.39 is 4.92 Å². The van der Waals surface area contributed by atoms with Gasteiger partial charge in [0.2, 0.25) is 0 Å². The monoisotopic (exact) mass is 474 g/mol. The molecule has 0 saturated carbocycles. The Morgan fingerprint density at radius 3 is 2.66 bits per heavy atom. The molecule has 0 bridgehead atoms. The Kier molecular flexibility index (Phi) is 6.14. The highest BCUT2D eigenvalue weighted by Crippen LogP contribution is 2.29. The summed E-state index contributed by atoms with van der Waals surface area (Å²) in [6.45, 7) is 3.74. The largest absolute Gasteiger partial charge is 0.318 e. The molecule has 0 radical (unpaired) electrons. The van der Waals surface area contributed by atoms with Crippen LogP contribution in [0.5, 0.6) is 0 Å². The molecule has 7 nitrogen and oxygen atoms in total. The van der Waals surface area contributed by atoms with E-state index in [0.717, 1.165) is 17.0 Å². The summed E-state index contributed by atoms with van der Waals surface area (Å²) in [6.07, 6.45) is 1.54. The summed E-state index contributed by atoms with van der Waals surface area (Å²) in [5, 5.41) is 15.3. The number of nitro benzene ring substituents is 1. The molecule has 1 amide bonds. The molecule has 148 valence electrons. The first-order valence-electron chi connectivity index (χ1n) is 8.50. The van der Waals surface area contributed by atoms with Gasteiger partial charge in [-0.3, -0.25) is 14.9 Å². The summed E-state index contributed by atoms with van der Waals surface area (Å²) < 4.78 is 2.54. The van der Waals surface area contributed by atoms with E-state index in [1.165, 1.54) is 18.3 Å². The summed E-state index contributed by atoms with van der Waals surface area (Å²) in [7, 11) is 0. The molecule has 0 spiro atoms. The van der Waals surface area contributed by atoms with Gasteiger partial charge in [-0.2, -0.15) is 5.10 Å². The second-order valence-corrected chi connectivity index (χ2v) is 7.50. The first kappa shape index (κ1) is 20.8. The van der Waals surface area contributed by atoms with Gasteiger partial charge in [-0.15, -0.1) is 0 Å². The van der Waals surface area contributed by atoms with Crippen molar-refractivity contribution in [2.24, 2.45) is 5.10 Å². The SMILES string of the molecule is Cc1cc(/C=N/NC(=O)c2ccccc2Br)c(C)n1-c1ccc(Cl)c([N+](=O)[O-])c1. The maximum absolute atomic E-state index is 12.2. The predicted molar refractivity (Wildman–Crippen MR) is 116 cm³/mol. The number of nitrogens with zero attached hydrogens (tertiary/aromatic N) is 3. The van der Waals surface area contributed by atoms with Crippen molar-refractivity contribution in [1.29, 1.82) is 0 Å². The molecule has 0 atom stereocenters. The topological polar surface area (TPSA) is 89.5 Å². The molecular formula is C20H16BrClN4O3. The quantitative estimate of drug-likeness (QED) is 0.313. The van der Waals surface area contributed by atoms with Crippen LogP contribution in [-0.4, -0.2) is 21.6 Å². The van der Waals surface area contributed by atoms with Gasteiger partial charge in [-0.25, -0.2) is 5.43 Å². The second kappa shape index (κ2) is 8.59. The van der Waals surface area contributed by atoms with Gasteiger partial charge in [-0.05, 0) is 60.1 Å². The van der Waals surface area contributed by atoms with Crippen LogP contribution in [0.3, 0.4) is 0 Å². The van der Waals surface area contributed by atoms with Crippen molar-refractivity contribution in [1.82, 2.24) is 9.99 Å². The number of nitrogens with one attached hydrogen (secondary N) is 1. The number of hydrazone groups is 1. The third kappa shape index (κ3) is 4.38. The Hall–Kier alpha value is -2.97. The molecule has 9 heteroatoms. The summed E-state index contributed by atoms with van der Waals surface area (Å²) in [6, 6.07) is 13.6. The molecule has 1 N–H and O–H groups in total. The van der Waals surface area contributed by atoms with Crippen molar-refractivity contribution < 1.29 is 9.72 Å². The summed E-state index contributed by atoms with van der Waals surface area (Å²) in [5.74, 6) is -0.337. The number of halogens is 2. The maximum atomic E-state index is 12.2. The zero-order valence-corrected chi connectivity index (χ0v) is 17.9. The third-order valence-corrected chi connectivity index (χ3v) is 5.35. The Balaban J connectivity index is 1.86. The zero-order chi connectivity index (χ0) is 21.1. The Labute approximate surface area is 180 Å². The van der Waals surface area contributed by atoms with Gasteiger partial charge < -0.3 is 4.57 Å². The van der Waals surface area contributed by atoms with Crippen LogP contribution in [-0.2, 0) is 0 Å². The number of benzene rings is 2. The molecule has 29 heavy (non-hydrogen) atoms. The standard InChI is InChI=1S/C20H16BrClN4O3/c1-12-9-14(11-23-24-20(27)16-5-3-4-6-17(16)21)13(2)25(12)15-7-8-18(22)19(10-15)26(28)29/h3-11H,1-2H3,(H,24,27)/b23-11+. The van der Waals surface area contributed by atoms with E-state index in [0.29, 0.717) is 15.7 Å². The lowest BCUT2D eigenvalue weighted by molar-refractivity contribution is -0.384. The van der Waals surface area contributed by atoms with E-state index in [4.69, 9.17) is 11.6 Å². The van der Waals surface area contributed by atoms with Gasteiger partial charge in [0.1, 0.15) is 5.02 Å². The van der Waals surface area contributed by atoms with Gasteiger partial charge in [0.25, 0.3) is 11.6 Å². The molecule has 0 aliphatic heterocycles. The fraction of sp³-hybridized carbons (Fsp3) is 0.100. The highest BCUT2D eigenvalue weighted by atomic mass is 79.9.